The number of nitrogens with zero attached hydrogens (tertiary/aromatic N) is 1. The van der Waals surface area contributed by atoms with Gasteiger partial charge >= 0.3 is 0 Å². The van der Waals surface area contributed by atoms with Crippen LogP contribution >= 0.6 is 0 Å². The monoisotopic (exact) mass is 181 g/mol. The Morgan fingerprint density at radius 3 is 2.46 bits per heavy atom. The highest BCUT2D eigenvalue weighted by Crippen LogP contribution is 2.12. The van der Waals surface area contributed by atoms with Crippen molar-refractivity contribution < 1.29 is 9.59 Å². The highest BCUT2D eigenvalue weighted by atomic mass is 16.2. The fourth-order valence-electron chi connectivity index (χ4n) is 1.26. The highest BCUT2D eigenvalue weighted by Gasteiger charge is 2.26. The zero-order valence-electron chi connectivity index (χ0n) is 7.95. The van der Waals surface area contributed by atoms with Crippen molar-refractivity contribution in [2.45, 2.75) is 39.0 Å². The zero-order chi connectivity index (χ0) is 9.68. The number of rotatable bonds is 4. The molecule has 0 unspecified atom stereocenters. The van der Waals surface area contributed by atoms with Gasteiger partial charge < -0.3 is 0 Å². The van der Waals surface area contributed by atoms with Gasteiger partial charge in [0.15, 0.2) is 0 Å². The lowest BCUT2D eigenvalue weighted by Gasteiger charge is -2.05. The van der Waals surface area contributed by atoms with Gasteiger partial charge in [-0.05, 0) is 6.42 Å². The predicted molar refractivity (Wildman–Crippen MR) is 49.8 cm³/mol. The van der Waals surface area contributed by atoms with Gasteiger partial charge in [-0.25, -0.2) is 0 Å². The molecule has 3 heteroatoms. The van der Waals surface area contributed by atoms with Crippen LogP contribution in [0.5, 0.6) is 0 Å². The Kier molecular flexibility index (Phi) is 3.68. The molecule has 3 nitrogen and oxygen atoms in total. The van der Waals surface area contributed by atoms with Crippen molar-refractivity contribution in [3.05, 3.63) is 12.3 Å². The fourth-order valence-corrected chi connectivity index (χ4v) is 1.26. The van der Waals surface area contributed by atoms with Crippen molar-refractivity contribution in [1.29, 1.82) is 0 Å². The molecular formula is C10H15NO2. The van der Waals surface area contributed by atoms with E-state index in [0.717, 1.165) is 19.3 Å². The molecule has 0 bridgehead atoms. The summed E-state index contributed by atoms with van der Waals surface area (Å²) in [6.45, 7) is 2.11. The van der Waals surface area contributed by atoms with Gasteiger partial charge in [-0.3, -0.25) is 14.5 Å². The first-order valence-electron chi connectivity index (χ1n) is 4.77. The van der Waals surface area contributed by atoms with Crippen LogP contribution in [0, 0.1) is 0 Å². The molecule has 0 aliphatic carbocycles. The molecule has 1 aliphatic heterocycles. The summed E-state index contributed by atoms with van der Waals surface area (Å²) < 4.78 is 0. The van der Waals surface area contributed by atoms with E-state index in [1.54, 1.807) is 6.20 Å². The summed E-state index contributed by atoms with van der Waals surface area (Å²) >= 11 is 0. The normalized spacial score (nSPS) is 17.8. The van der Waals surface area contributed by atoms with Crippen molar-refractivity contribution in [2.75, 3.05) is 0 Å². The van der Waals surface area contributed by atoms with E-state index >= 15 is 0 Å². The highest BCUT2D eigenvalue weighted by molar-refractivity contribution is 6.02. The molecule has 0 aromatic rings. The van der Waals surface area contributed by atoms with Gasteiger partial charge in [-0.15, -0.1) is 0 Å². The third kappa shape index (κ3) is 2.68. The number of carbonyl (C=O) groups is 2. The molecule has 1 saturated heterocycles. The molecule has 0 aromatic heterocycles. The van der Waals surface area contributed by atoms with Crippen molar-refractivity contribution in [1.82, 2.24) is 4.90 Å². The van der Waals surface area contributed by atoms with Crippen LogP contribution in [0.2, 0.25) is 0 Å². The topological polar surface area (TPSA) is 37.4 Å². The van der Waals surface area contributed by atoms with E-state index in [9.17, 15) is 9.59 Å². The Balaban J connectivity index is 2.38. The second kappa shape index (κ2) is 4.80. The van der Waals surface area contributed by atoms with Crippen LogP contribution in [-0.4, -0.2) is 16.7 Å². The number of unbranched alkanes of at least 4 members (excludes halogenated alkanes) is 2. The molecule has 1 heterocycles. The van der Waals surface area contributed by atoms with E-state index in [1.165, 1.54) is 4.90 Å². The minimum atomic E-state index is -0.0715. The average Bonchev–Trinajstić information content (AvgIpc) is 2.42. The molecular weight excluding hydrogens is 166 g/mol. The van der Waals surface area contributed by atoms with Gasteiger partial charge in [-0.2, -0.15) is 0 Å². The second-order valence-electron chi connectivity index (χ2n) is 3.18. The van der Waals surface area contributed by atoms with E-state index in [4.69, 9.17) is 0 Å². The summed E-state index contributed by atoms with van der Waals surface area (Å²) in [6, 6.07) is 0. The third-order valence-electron chi connectivity index (χ3n) is 2.07. The van der Waals surface area contributed by atoms with Crippen molar-refractivity contribution >= 4 is 11.8 Å². The number of imide groups is 1. The van der Waals surface area contributed by atoms with Gasteiger partial charge in [-0.1, -0.05) is 25.8 Å². The van der Waals surface area contributed by atoms with Gasteiger partial charge in [0.1, 0.15) is 0 Å². The van der Waals surface area contributed by atoms with Crippen LogP contribution in [0.3, 0.4) is 0 Å². The SMILES string of the molecule is CCCC/C=C/N1C(=O)CCC1=O. The smallest absolute Gasteiger partial charge is 0.233 e. The Hall–Kier alpha value is -1.12. The Morgan fingerprint density at radius 2 is 1.92 bits per heavy atom. The van der Waals surface area contributed by atoms with Crippen LogP contribution in [0.4, 0.5) is 0 Å². The lowest BCUT2D eigenvalue weighted by molar-refractivity contribution is -0.135. The van der Waals surface area contributed by atoms with Crippen LogP contribution in [0.1, 0.15) is 39.0 Å². The summed E-state index contributed by atoms with van der Waals surface area (Å²) in [5, 5.41) is 0. The molecule has 1 fully saturated rings. The minimum absolute atomic E-state index is 0.0715. The largest absolute Gasteiger partial charge is 0.274 e. The predicted octanol–water partition coefficient (Wildman–Crippen LogP) is 1.84. The molecule has 0 spiro atoms. The van der Waals surface area contributed by atoms with Gasteiger partial charge in [0.05, 0.1) is 0 Å². The summed E-state index contributed by atoms with van der Waals surface area (Å²) in [6.07, 6.45) is 7.43. The molecule has 1 rings (SSSR count). The van der Waals surface area contributed by atoms with E-state index in [0.29, 0.717) is 12.8 Å². The number of amides is 2. The maximum atomic E-state index is 11.1. The first kappa shape index (κ1) is 9.96. The molecule has 2 amide bonds. The molecule has 0 radical (unpaired) electrons. The second-order valence-corrected chi connectivity index (χ2v) is 3.18. The van der Waals surface area contributed by atoms with Crippen LogP contribution in [0.15, 0.2) is 12.3 Å². The van der Waals surface area contributed by atoms with Crippen molar-refractivity contribution in [3.8, 4) is 0 Å². The molecule has 0 aromatic carbocycles. The van der Waals surface area contributed by atoms with E-state index in [1.807, 2.05) is 6.08 Å². The van der Waals surface area contributed by atoms with Crippen LogP contribution in [-0.2, 0) is 9.59 Å². The van der Waals surface area contributed by atoms with Crippen LogP contribution in [0.25, 0.3) is 0 Å². The molecule has 13 heavy (non-hydrogen) atoms. The quantitative estimate of drug-likeness (QED) is 0.490. The summed E-state index contributed by atoms with van der Waals surface area (Å²) in [7, 11) is 0. The zero-order valence-corrected chi connectivity index (χ0v) is 7.95. The standard InChI is InChI=1S/C10H15NO2/c1-2-3-4-5-8-11-9(12)6-7-10(11)13/h5,8H,2-4,6-7H2,1H3/b8-5+. The van der Waals surface area contributed by atoms with Crippen LogP contribution < -0.4 is 0 Å². The lowest BCUT2D eigenvalue weighted by atomic mass is 10.2. The van der Waals surface area contributed by atoms with Gasteiger partial charge in [0.25, 0.3) is 0 Å². The summed E-state index contributed by atoms with van der Waals surface area (Å²) in [4.78, 5) is 23.4. The lowest BCUT2D eigenvalue weighted by Crippen LogP contribution is -2.22. The van der Waals surface area contributed by atoms with Crippen molar-refractivity contribution in [3.63, 3.8) is 0 Å². The summed E-state index contributed by atoms with van der Waals surface area (Å²) in [5.74, 6) is -0.143. The Labute approximate surface area is 78.4 Å². The third-order valence-corrected chi connectivity index (χ3v) is 2.07. The number of hydrogen-bond acceptors (Lipinski definition) is 2. The minimum Gasteiger partial charge on any atom is -0.274 e. The summed E-state index contributed by atoms with van der Waals surface area (Å²) in [5.41, 5.74) is 0. The Bertz CT molecular complexity index is 217. The van der Waals surface area contributed by atoms with Gasteiger partial charge in [0.2, 0.25) is 11.8 Å². The van der Waals surface area contributed by atoms with Gasteiger partial charge in [0, 0.05) is 19.0 Å². The molecule has 0 atom stereocenters. The first-order chi connectivity index (χ1) is 6.25. The molecule has 0 N–H and O–H groups in total. The van der Waals surface area contributed by atoms with E-state index < -0.39 is 0 Å². The maximum absolute atomic E-state index is 11.1. The molecule has 72 valence electrons. The number of allylic oxidation sites excluding steroid dienone is 1. The Morgan fingerprint density at radius 1 is 1.31 bits per heavy atom. The number of likely N-dealkylation sites (tertiary alicyclic amines) is 1. The number of hydrogen-bond donors (Lipinski definition) is 0. The van der Waals surface area contributed by atoms with E-state index in [2.05, 4.69) is 6.92 Å². The average molecular weight is 181 g/mol. The van der Waals surface area contributed by atoms with E-state index in [-0.39, 0.29) is 11.8 Å². The number of carbonyl (C=O) groups excluding carboxylic acids is 2. The van der Waals surface area contributed by atoms with Crippen molar-refractivity contribution in [2.24, 2.45) is 0 Å². The first-order valence-corrected chi connectivity index (χ1v) is 4.77. The molecule has 0 saturated carbocycles. The maximum Gasteiger partial charge on any atom is 0.233 e. The fraction of sp³-hybridized carbons (Fsp3) is 0.600. The molecule has 1 aliphatic rings.